The van der Waals surface area contributed by atoms with Gasteiger partial charge >= 0.3 is 0 Å². The minimum atomic E-state index is -0.351. The molecule has 0 aliphatic carbocycles. The van der Waals surface area contributed by atoms with Crippen molar-refractivity contribution in [2.24, 2.45) is 0 Å². The van der Waals surface area contributed by atoms with Crippen molar-refractivity contribution in [2.45, 2.75) is 12.8 Å². The van der Waals surface area contributed by atoms with Crippen LogP contribution >= 0.6 is 11.6 Å². The summed E-state index contributed by atoms with van der Waals surface area (Å²) in [5.41, 5.74) is 2.12. The van der Waals surface area contributed by atoms with Gasteiger partial charge in [-0.3, -0.25) is 4.98 Å². The van der Waals surface area contributed by atoms with Crippen molar-refractivity contribution in [1.82, 2.24) is 4.98 Å². The zero-order valence-corrected chi connectivity index (χ0v) is 12.3. The van der Waals surface area contributed by atoms with Crippen LogP contribution in [0.15, 0.2) is 36.0 Å². The van der Waals surface area contributed by atoms with Crippen LogP contribution in [0.1, 0.15) is 12.8 Å². The van der Waals surface area contributed by atoms with E-state index in [9.17, 15) is 4.39 Å². The van der Waals surface area contributed by atoms with E-state index >= 15 is 0 Å². The number of fused-ring (bicyclic) bond motifs is 1. The van der Waals surface area contributed by atoms with Crippen molar-refractivity contribution < 1.29 is 9.13 Å². The Morgan fingerprint density at radius 2 is 2.24 bits per heavy atom. The molecule has 0 spiro atoms. The lowest BCUT2D eigenvalue weighted by Crippen LogP contribution is -2.09. The van der Waals surface area contributed by atoms with E-state index in [0.717, 1.165) is 19.4 Å². The first-order valence-corrected chi connectivity index (χ1v) is 7.36. The highest BCUT2D eigenvalue weighted by Gasteiger charge is 2.10. The molecule has 3 rings (SSSR count). The van der Waals surface area contributed by atoms with Crippen molar-refractivity contribution >= 4 is 28.2 Å². The molecule has 0 radical (unpaired) electrons. The van der Waals surface area contributed by atoms with Gasteiger partial charge in [0, 0.05) is 18.1 Å². The van der Waals surface area contributed by atoms with E-state index in [2.05, 4.69) is 16.4 Å². The Bertz CT molecular complexity index is 687. The highest BCUT2D eigenvalue weighted by molar-refractivity contribution is 6.35. The third-order valence-electron chi connectivity index (χ3n) is 3.62. The second kappa shape index (κ2) is 6.41. The summed E-state index contributed by atoms with van der Waals surface area (Å²) in [6.07, 6.45) is 5.47. The van der Waals surface area contributed by atoms with E-state index in [1.807, 2.05) is 0 Å². The highest BCUT2D eigenvalue weighted by Crippen LogP contribution is 2.28. The summed E-state index contributed by atoms with van der Waals surface area (Å²) in [7, 11) is 0. The molecule has 2 aromatic rings. The van der Waals surface area contributed by atoms with Crippen LogP contribution in [0.3, 0.4) is 0 Å². The molecule has 0 bridgehead atoms. The lowest BCUT2D eigenvalue weighted by molar-refractivity contribution is 0.153. The van der Waals surface area contributed by atoms with Crippen molar-refractivity contribution in [3.63, 3.8) is 0 Å². The van der Waals surface area contributed by atoms with Crippen molar-refractivity contribution in [3.05, 3.63) is 46.9 Å². The van der Waals surface area contributed by atoms with Crippen molar-refractivity contribution in [3.8, 4) is 0 Å². The molecule has 3 nitrogen and oxygen atoms in total. The number of ether oxygens (including phenoxy) is 1. The third kappa shape index (κ3) is 3.17. The normalized spacial score (nSPS) is 15.0. The van der Waals surface area contributed by atoms with Crippen LogP contribution in [0.4, 0.5) is 10.1 Å². The van der Waals surface area contributed by atoms with Crippen LogP contribution in [0.2, 0.25) is 5.02 Å². The Hall–Kier alpha value is -1.65. The first-order chi connectivity index (χ1) is 10.3. The van der Waals surface area contributed by atoms with Crippen LogP contribution in [-0.4, -0.2) is 24.7 Å². The van der Waals surface area contributed by atoms with Crippen molar-refractivity contribution in [2.75, 3.05) is 25.1 Å². The number of pyridine rings is 1. The Labute approximate surface area is 127 Å². The maximum Gasteiger partial charge on any atom is 0.172 e. The smallest absolute Gasteiger partial charge is 0.172 e. The first kappa shape index (κ1) is 14.3. The largest absolute Gasteiger partial charge is 0.382 e. The minimum absolute atomic E-state index is 0.304. The molecule has 1 aliphatic heterocycles. The molecular formula is C16H16ClFN2O. The molecule has 0 unspecified atom stereocenters. The average molecular weight is 307 g/mol. The second-order valence-electron chi connectivity index (χ2n) is 4.98. The SMILES string of the molecule is Fc1c(NCCC2=CCOCC2)ccc2c(Cl)ccnc12. The summed E-state index contributed by atoms with van der Waals surface area (Å²) in [5, 5.41) is 4.28. The topological polar surface area (TPSA) is 34.1 Å². The number of benzene rings is 1. The van der Waals surface area contributed by atoms with Crippen LogP contribution in [0.25, 0.3) is 10.9 Å². The number of nitrogens with zero attached hydrogens (tertiary/aromatic N) is 1. The number of nitrogens with one attached hydrogen (secondary N) is 1. The van der Waals surface area contributed by atoms with Gasteiger partial charge in [0.25, 0.3) is 0 Å². The van der Waals surface area contributed by atoms with Gasteiger partial charge in [-0.25, -0.2) is 4.39 Å². The molecule has 1 aliphatic rings. The monoisotopic (exact) mass is 306 g/mol. The molecule has 1 aromatic heterocycles. The molecule has 110 valence electrons. The number of halogens is 2. The summed E-state index contributed by atoms with van der Waals surface area (Å²) in [5.74, 6) is -0.351. The summed E-state index contributed by atoms with van der Waals surface area (Å²) in [6, 6.07) is 5.17. The van der Waals surface area contributed by atoms with E-state index in [0.29, 0.717) is 34.8 Å². The fourth-order valence-corrected chi connectivity index (χ4v) is 2.65. The quantitative estimate of drug-likeness (QED) is 0.861. The molecule has 0 fully saturated rings. The number of hydrogen-bond acceptors (Lipinski definition) is 3. The Kier molecular flexibility index (Phi) is 4.36. The van der Waals surface area contributed by atoms with Gasteiger partial charge in [0.1, 0.15) is 5.52 Å². The molecule has 1 N–H and O–H groups in total. The number of aromatic nitrogens is 1. The maximum atomic E-state index is 14.4. The van der Waals surface area contributed by atoms with Gasteiger partial charge in [-0.1, -0.05) is 23.3 Å². The molecule has 21 heavy (non-hydrogen) atoms. The zero-order valence-electron chi connectivity index (χ0n) is 11.5. The van der Waals surface area contributed by atoms with E-state index in [4.69, 9.17) is 16.3 Å². The molecule has 2 heterocycles. The van der Waals surface area contributed by atoms with E-state index in [-0.39, 0.29) is 5.82 Å². The predicted molar refractivity (Wildman–Crippen MR) is 83.3 cm³/mol. The van der Waals surface area contributed by atoms with Crippen LogP contribution in [0, 0.1) is 5.82 Å². The Morgan fingerprint density at radius 1 is 1.33 bits per heavy atom. The number of anilines is 1. The van der Waals surface area contributed by atoms with Crippen molar-refractivity contribution in [1.29, 1.82) is 0 Å². The molecule has 0 saturated heterocycles. The van der Waals surface area contributed by atoms with Crippen LogP contribution < -0.4 is 5.32 Å². The first-order valence-electron chi connectivity index (χ1n) is 6.98. The summed E-state index contributed by atoms with van der Waals surface area (Å²) < 4.78 is 19.7. The maximum absolute atomic E-state index is 14.4. The van der Waals surface area contributed by atoms with E-state index in [1.54, 1.807) is 18.2 Å². The van der Waals surface area contributed by atoms with Crippen LogP contribution in [-0.2, 0) is 4.74 Å². The Morgan fingerprint density at radius 3 is 3.05 bits per heavy atom. The van der Waals surface area contributed by atoms with Crippen LogP contribution in [0.5, 0.6) is 0 Å². The van der Waals surface area contributed by atoms with Gasteiger partial charge in [0.15, 0.2) is 5.82 Å². The standard InChI is InChI=1S/C16H16ClFN2O/c17-13-4-8-20-16-12(13)1-2-14(15(16)18)19-7-3-11-5-9-21-10-6-11/h1-2,4-5,8,19H,3,6-7,9-10H2. The van der Waals surface area contributed by atoms with Gasteiger partial charge in [0.05, 0.1) is 23.9 Å². The fraction of sp³-hybridized carbons (Fsp3) is 0.312. The Balaban J connectivity index is 1.72. The second-order valence-corrected chi connectivity index (χ2v) is 5.39. The predicted octanol–water partition coefficient (Wildman–Crippen LogP) is 4.18. The lowest BCUT2D eigenvalue weighted by Gasteiger charge is -2.14. The molecule has 0 atom stereocenters. The minimum Gasteiger partial charge on any atom is -0.382 e. The molecule has 0 saturated carbocycles. The number of rotatable bonds is 4. The van der Waals surface area contributed by atoms with Gasteiger partial charge in [-0.2, -0.15) is 0 Å². The third-order valence-corrected chi connectivity index (χ3v) is 3.95. The van der Waals surface area contributed by atoms with Gasteiger partial charge in [-0.15, -0.1) is 0 Å². The van der Waals surface area contributed by atoms with Gasteiger partial charge < -0.3 is 10.1 Å². The zero-order chi connectivity index (χ0) is 14.7. The average Bonchev–Trinajstić information content (AvgIpc) is 2.51. The molecular weight excluding hydrogens is 291 g/mol. The van der Waals surface area contributed by atoms with Gasteiger partial charge in [-0.05, 0) is 31.0 Å². The van der Waals surface area contributed by atoms with Gasteiger partial charge in [0.2, 0.25) is 0 Å². The molecule has 5 heteroatoms. The summed E-state index contributed by atoms with van der Waals surface area (Å²) in [4.78, 5) is 4.07. The lowest BCUT2D eigenvalue weighted by atomic mass is 10.1. The molecule has 1 aromatic carbocycles. The highest BCUT2D eigenvalue weighted by atomic mass is 35.5. The number of hydrogen-bond donors (Lipinski definition) is 1. The summed E-state index contributed by atoms with van der Waals surface area (Å²) >= 11 is 6.04. The summed E-state index contributed by atoms with van der Waals surface area (Å²) in [6.45, 7) is 2.15. The van der Waals surface area contributed by atoms with E-state index in [1.165, 1.54) is 11.8 Å². The molecule has 0 amide bonds. The fourth-order valence-electron chi connectivity index (χ4n) is 2.44. The van der Waals surface area contributed by atoms with E-state index < -0.39 is 0 Å².